The first-order valence-electron chi connectivity index (χ1n) is 7.70. The van der Waals surface area contributed by atoms with Crippen LogP contribution in [0.1, 0.15) is 11.8 Å². The predicted octanol–water partition coefficient (Wildman–Crippen LogP) is -2.23. The Morgan fingerprint density at radius 1 is 1.16 bits per heavy atom. The SMILES string of the molecule is C#Cc1cn([C@@H]2O[C@H](COP(=O)(O)OP(=O)(O)OP(=O)(O)O)C(O)C2O)c(=O)nc1N. The zero-order valence-corrected chi connectivity index (χ0v) is 17.6. The Morgan fingerprint density at radius 3 is 2.32 bits per heavy atom. The lowest BCUT2D eigenvalue weighted by Crippen LogP contribution is -2.36. The first kappa shape index (κ1) is 25.8. The summed E-state index contributed by atoms with van der Waals surface area (Å²) in [6, 6.07) is 0. The zero-order valence-electron chi connectivity index (χ0n) is 14.9. The van der Waals surface area contributed by atoms with Crippen LogP contribution in [-0.2, 0) is 31.6 Å². The maximum absolute atomic E-state index is 12.0. The van der Waals surface area contributed by atoms with Gasteiger partial charge in [0, 0.05) is 6.20 Å². The summed E-state index contributed by atoms with van der Waals surface area (Å²) in [4.78, 5) is 50.9. The van der Waals surface area contributed by atoms with Crippen LogP contribution in [0.15, 0.2) is 11.0 Å². The van der Waals surface area contributed by atoms with Gasteiger partial charge in [0.25, 0.3) is 0 Å². The van der Waals surface area contributed by atoms with E-state index in [1.54, 1.807) is 0 Å². The van der Waals surface area contributed by atoms with Crippen molar-refractivity contribution in [3.05, 3.63) is 22.2 Å². The Morgan fingerprint density at radius 2 is 1.77 bits per heavy atom. The van der Waals surface area contributed by atoms with E-state index in [4.69, 9.17) is 31.6 Å². The number of rotatable bonds is 8. The third kappa shape index (κ3) is 6.75. The van der Waals surface area contributed by atoms with Gasteiger partial charge in [0.2, 0.25) is 0 Å². The second kappa shape index (κ2) is 9.18. The fourth-order valence-corrected chi connectivity index (χ4v) is 5.37. The minimum atomic E-state index is -5.74. The molecule has 17 nitrogen and oxygen atoms in total. The van der Waals surface area contributed by atoms with Crippen molar-refractivity contribution in [2.75, 3.05) is 12.3 Å². The van der Waals surface area contributed by atoms with Gasteiger partial charge < -0.3 is 40.3 Å². The molecule has 20 heteroatoms. The topological polar surface area (TPSA) is 270 Å². The molecule has 0 bridgehead atoms. The highest BCUT2D eigenvalue weighted by atomic mass is 31.3. The Balaban J connectivity index is 2.12. The van der Waals surface area contributed by atoms with E-state index in [2.05, 4.69) is 24.0 Å². The van der Waals surface area contributed by atoms with Crippen LogP contribution in [-0.4, -0.2) is 64.3 Å². The largest absolute Gasteiger partial charge is 0.490 e. The van der Waals surface area contributed by atoms with E-state index >= 15 is 0 Å². The van der Waals surface area contributed by atoms with Crippen molar-refractivity contribution in [3.63, 3.8) is 0 Å². The standard InChI is InChI=1S/C11H16N3O14P3/c1-2-5-3-14(11(17)13-9(5)12)10-8(16)7(15)6(26-10)4-25-30(21,22)28-31(23,24)27-29(18,19)20/h1,3,6-8,10,15-16H,4H2,(H,21,22)(H,23,24)(H2,12,13,17)(H2,18,19,20)/t6-,7?,8?,10-/m1/s1. The molecule has 1 aliphatic rings. The number of anilines is 1. The number of aliphatic hydroxyl groups is 2. The predicted molar refractivity (Wildman–Crippen MR) is 96.6 cm³/mol. The van der Waals surface area contributed by atoms with Crippen molar-refractivity contribution >= 4 is 29.3 Å². The molecular formula is C11H16N3O14P3. The molecule has 0 spiro atoms. The number of aromatic nitrogens is 2. The molecule has 174 valence electrons. The minimum Gasteiger partial charge on any atom is -0.387 e. The van der Waals surface area contributed by atoms with E-state index in [1.165, 1.54) is 0 Å². The number of phosphoric ester groups is 1. The number of nitrogen functional groups attached to an aromatic ring is 1. The Hall–Kier alpha value is -1.47. The van der Waals surface area contributed by atoms with Crippen LogP contribution in [0.25, 0.3) is 0 Å². The molecule has 1 aromatic heterocycles. The lowest BCUT2D eigenvalue weighted by atomic mass is 10.1. The molecule has 2 heterocycles. The highest BCUT2D eigenvalue weighted by Crippen LogP contribution is 2.66. The first-order chi connectivity index (χ1) is 14.1. The van der Waals surface area contributed by atoms with Crippen molar-refractivity contribution in [3.8, 4) is 12.3 Å². The molecular weight excluding hydrogens is 491 g/mol. The fourth-order valence-electron chi connectivity index (χ4n) is 2.34. The highest BCUT2D eigenvalue weighted by Gasteiger charge is 2.46. The van der Waals surface area contributed by atoms with Crippen molar-refractivity contribution < 1.29 is 61.4 Å². The summed E-state index contributed by atoms with van der Waals surface area (Å²) in [5.41, 5.74) is 4.41. The van der Waals surface area contributed by atoms with Gasteiger partial charge in [-0.3, -0.25) is 9.09 Å². The number of terminal acetylenes is 1. The molecule has 6 atom stereocenters. The number of nitrogens with two attached hydrogens (primary N) is 1. The molecule has 1 aromatic rings. The van der Waals surface area contributed by atoms with E-state index in [0.717, 1.165) is 6.20 Å². The van der Waals surface area contributed by atoms with E-state index in [0.29, 0.717) is 4.57 Å². The molecule has 0 aromatic carbocycles. The van der Waals surface area contributed by atoms with Crippen LogP contribution in [0.4, 0.5) is 5.82 Å². The highest BCUT2D eigenvalue weighted by molar-refractivity contribution is 7.66. The van der Waals surface area contributed by atoms with Gasteiger partial charge in [-0.1, -0.05) is 5.92 Å². The second-order valence-corrected chi connectivity index (χ2v) is 10.2. The fraction of sp³-hybridized carbons (Fsp3) is 0.455. The number of hydrogen-bond acceptors (Lipinski definition) is 12. The minimum absolute atomic E-state index is 0.0402. The van der Waals surface area contributed by atoms with Gasteiger partial charge >= 0.3 is 29.2 Å². The molecule has 1 fully saturated rings. The van der Waals surface area contributed by atoms with Gasteiger partial charge in [0.15, 0.2) is 6.23 Å². The molecule has 0 amide bonds. The number of hydrogen-bond donors (Lipinski definition) is 7. The van der Waals surface area contributed by atoms with Gasteiger partial charge in [-0.2, -0.15) is 13.6 Å². The van der Waals surface area contributed by atoms with Gasteiger partial charge in [0.1, 0.15) is 24.1 Å². The molecule has 8 N–H and O–H groups in total. The van der Waals surface area contributed by atoms with E-state index in [9.17, 15) is 33.6 Å². The van der Waals surface area contributed by atoms with Gasteiger partial charge in [0.05, 0.1) is 12.2 Å². The van der Waals surface area contributed by atoms with Crippen molar-refractivity contribution in [1.82, 2.24) is 9.55 Å². The van der Waals surface area contributed by atoms with Crippen LogP contribution < -0.4 is 11.4 Å². The summed E-state index contributed by atoms with van der Waals surface area (Å²) >= 11 is 0. The average molecular weight is 507 g/mol. The van der Waals surface area contributed by atoms with Gasteiger partial charge in [-0.15, -0.1) is 6.42 Å². The summed E-state index contributed by atoms with van der Waals surface area (Å²) in [5, 5.41) is 20.2. The molecule has 4 unspecified atom stereocenters. The van der Waals surface area contributed by atoms with Gasteiger partial charge in [-0.05, 0) is 0 Å². The summed E-state index contributed by atoms with van der Waals surface area (Å²) in [7, 11) is -16.8. The number of phosphoric acid groups is 3. The van der Waals surface area contributed by atoms with Crippen LogP contribution in [0.3, 0.4) is 0 Å². The molecule has 0 saturated carbocycles. The summed E-state index contributed by atoms with van der Waals surface area (Å²) < 4.78 is 50.9. The Bertz CT molecular complexity index is 1080. The molecule has 1 saturated heterocycles. The van der Waals surface area contributed by atoms with Crippen LogP contribution in [0, 0.1) is 12.3 Å². The van der Waals surface area contributed by atoms with Gasteiger partial charge in [-0.25, -0.2) is 18.5 Å². The second-order valence-electron chi connectivity index (χ2n) is 5.81. The van der Waals surface area contributed by atoms with E-state index < -0.39 is 60.3 Å². The maximum Gasteiger partial charge on any atom is 0.490 e. The molecule has 0 aliphatic carbocycles. The van der Waals surface area contributed by atoms with Crippen LogP contribution >= 0.6 is 23.5 Å². The lowest BCUT2D eigenvalue weighted by molar-refractivity contribution is -0.0541. The normalized spacial score (nSPS) is 27.9. The summed E-state index contributed by atoms with van der Waals surface area (Å²) in [6.45, 7) is -1.06. The summed E-state index contributed by atoms with van der Waals surface area (Å²) in [5.74, 6) is 1.85. The Labute approximate surface area is 172 Å². The molecule has 0 radical (unpaired) electrons. The summed E-state index contributed by atoms with van der Waals surface area (Å²) in [6.07, 6.45) is -0.559. The van der Waals surface area contributed by atoms with E-state index in [-0.39, 0.29) is 11.4 Å². The monoisotopic (exact) mass is 507 g/mol. The quantitative estimate of drug-likeness (QED) is 0.145. The average Bonchev–Trinajstić information content (AvgIpc) is 2.85. The maximum atomic E-state index is 12.0. The molecule has 2 rings (SSSR count). The smallest absolute Gasteiger partial charge is 0.387 e. The van der Waals surface area contributed by atoms with Crippen molar-refractivity contribution in [1.29, 1.82) is 0 Å². The van der Waals surface area contributed by atoms with Crippen LogP contribution in [0.2, 0.25) is 0 Å². The van der Waals surface area contributed by atoms with Crippen molar-refractivity contribution in [2.45, 2.75) is 24.5 Å². The molecule has 31 heavy (non-hydrogen) atoms. The Kier molecular flexibility index (Phi) is 7.64. The molecule has 1 aliphatic heterocycles. The van der Waals surface area contributed by atoms with Crippen LogP contribution in [0.5, 0.6) is 0 Å². The first-order valence-corrected chi connectivity index (χ1v) is 12.2. The number of aliphatic hydroxyl groups excluding tert-OH is 2. The third-order valence-corrected chi connectivity index (χ3v) is 7.37. The van der Waals surface area contributed by atoms with Crippen molar-refractivity contribution in [2.24, 2.45) is 0 Å². The number of nitrogens with zero attached hydrogens (tertiary/aromatic N) is 2. The number of ether oxygens (including phenoxy) is 1. The van der Waals surface area contributed by atoms with E-state index in [1.807, 2.05) is 0 Å². The zero-order chi connectivity index (χ0) is 23.8. The third-order valence-electron chi connectivity index (χ3n) is 3.57. The lowest BCUT2D eigenvalue weighted by Gasteiger charge is -2.19.